The fourth-order valence-corrected chi connectivity index (χ4v) is 3.63. The van der Waals surface area contributed by atoms with E-state index in [1.165, 1.54) is 24.3 Å². The Bertz CT molecular complexity index is 1270. The van der Waals surface area contributed by atoms with Gasteiger partial charge in [0.15, 0.2) is 5.78 Å². The van der Waals surface area contributed by atoms with Gasteiger partial charge in [0.25, 0.3) is 0 Å². The van der Waals surface area contributed by atoms with E-state index in [0.29, 0.717) is 28.1 Å². The molecular formula is C24H21FN2O3. The first-order valence-electron chi connectivity index (χ1n) is 9.49. The topological polar surface area (TPSA) is 51.0 Å². The molecule has 0 unspecified atom stereocenters. The van der Waals surface area contributed by atoms with Crippen LogP contribution in [0.1, 0.15) is 26.4 Å². The maximum absolute atomic E-state index is 13.3. The average Bonchev–Trinajstić information content (AvgIpc) is 3.13. The summed E-state index contributed by atoms with van der Waals surface area (Å²) in [5.41, 5.74) is 2.63. The first-order chi connectivity index (χ1) is 14.4. The standard InChI is InChI=1S/C24H21FN2O3/c1-26(2)14-23(28)19-13-22(24(29)15-4-7-17(25)8-5-15)27-20-11-9-18(30-3)12-16(20)6-10-21(19)27/h4-13H,14H2,1-3H3. The van der Waals surface area contributed by atoms with Crippen molar-refractivity contribution in [2.75, 3.05) is 27.7 Å². The lowest BCUT2D eigenvalue weighted by molar-refractivity contribution is 0.0959. The van der Waals surface area contributed by atoms with Crippen LogP contribution in [0.25, 0.3) is 16.4 Å². The Labute approximate surface area is 173 Å². The first kappa shape index (κ1) is 19.8. The summed E-state index contributed by atoms with van der Waals surface area (Å²) in [5.74, 6) is -0.0731. The van der Waals surface area contributed by atoms with Crippen molar-refractivity contribution in [3.8, 4) is 5.75 Å². The summed E-state index contributed by atoms with van der Waals surface area (Å²) < 4.78 is 20.4. The Hall–Kier alpha value is -3.51. The SMILES string of the molecule is COc1ccc2c(ccc3c(C(=O)CN(C)C)cc(C(=O)c4ccc(F)cc4)n32)c1. The quantitative estimate of drug-likeness (QED) is 0.452. The van der Waals surface area contributed by atoms with E-state index in [2.05, 4.69) is 0 Å². The van der Waals surface area contributed by atoms with Gasteiger partial charge < -0.3 is 14.0 Å². The Kier molecular flexibility index (Phi) is 5.10. The summed E-state index contributed by atoms with van der Waals surface area (Å²) in [4.78, 5) is 28.0. The van der Waals surface area contributed by atoms with E-state index in [9.17, 15) is 14.0 Å². The highest BCUT2D eigenvalue weighted by molar-refractivity contribution is 6.14. The summed E-state index contributed by atoms with van der Waals surface area (Å²) >= 11 is 0. The Morgan fingerprint density at radius 1 is 0.967 bits per heavy atom. The van der Waals surface area contributed by atoms with Crippen molar-refractivity contribution in [3.63, 3.8) is 0 Å². The molecule has 2 heterocycles. The van der Waals surface area contributed by atoms with Gasteiger partial charge in [0, 0.05) is 16.5 Å². The number of hydrogen-bond donors (Lipinski definition) is 0. The number of carbonyl (C=O) groups is 2. The molecule has 4 rings (SSSR count). The van der Waals surface area contributed by atoms with E-state index in [1.54, 1.807) is 22.5 Å². The highest BCUT2D eigenvalue weighted by Crippen LogP contribution is 2.28. The fraction of sp³-hybridized carbons (Fsp3) is 0.167. The molecule has 0 N–H and O–H groups in total. The third-order valence-corrected chi connectivity index (χ3v) is 5.03. The van der Waals surface area contributed by atoms with Crippen molar-refractivity contribution in [1.82, 2.24) is 9.30 Å². The van der Waals surface area contributed by atoms with Gasteiger partial charge in [-0.05, 0) is 68.7 Å². The van der Waals surface area contributed by atoms with E-state index in [4.69, 9.17) is 4.74 Å². The summed E-state index contributed by atoms with van der Waals surface area (Å²) in [7, 11) is 5.24. The summed E-state index contributed by atoms with van der Waals surface area (Å²) in [5, 5.41) is 0.872. The van der Waals surface area contributed by atoms with E-state index in [1.807, 2.05) is 44.4 Å². The lowest BCUT2D eigenvalue weighted by atomic mass is 10.1. The van der Waals surface area contributed by atoms with Crippen LogP contribution in [0.4, 0.5) is 4.39 Å². The summed E-state index contributed by atoms with van der Waals surface area (Å²) in [6.07, 6.45) is 0. The molecule has 0 amide bonds. The zero-order chi connectivity index (χ0) is 21.4. The first-order valence-corrected chi connectivity index (χ1v) is 9.49. The summed E-state index contributed by atoms with van der Waals surface area (Å²) in [6, 6.07) is 16.3. The van der Waals surface area contributed by atoms with Crippen LogP contribution in [0.15, 0.2) is 60.7 Å². The predicted molar refractivity (Wildman–Crippen MR) is 114 cm³/mol. The van der Waals surface area contributed by atoms with Crippen molar-refractivity contribution >= 4 is 28.0 Å². The second-order valence-corrected chi connectivity index (χ2v) is 7.42. The van der Waals surface area contributed by atoms with Crippen molar-refractivity contribution < 1.29 is 18.7 Å². The Morgan fingerprint density at radius 3 is 2.33 bits per heavy atom. The van der Waals surface area contributed by atoms with Gasteiger partial charge in [0.2, 0.25) is 5.78 Å². The average molecular weight is 404 g/mol. The number of ketones is 2. The predicted octanol–water partition coefficient (Wildman–Crippen LogP) is 4.22. The van der Waals surface area contributed by atoms with Crippen LogP contribution in [0.5, 0.6) is 5.75 Å². The molecule has 2 aromatic heterocycles. The maximum atomic E-state index is 13.3. The molecule has 152 valence electrons. The molecule has 0 bridgehead atoms. The molecule has 4 aromatic rings. The molecule has 2 aromatic carbocycles. The number of benzene rings is 2. The second-order valence-electron chi connectivity index (χ2n) is 7.42. The van der Waals surface area contributed by atoms with E-state index < -0.39 is 5.82 Å². The van der Waals surface area contributed by atoms with E-state index in [0.717, 1.165) is 10.9 Å². The number of aromatic nitrogens is 1. The fourth-order valence-electron chi connectivity index (χ4n) is 3.63. The zero-order valence-corrected chi connectivity index (χ0v) is 17.0. The van der Waals surface area contributed by atoms with Gasteiger partial charge in [-0.15, -0.1) is 0 Å². The number of likely N-dealkylation sites (N-methyl/N-ethyl adjacent to an activating group) is 1. The molecule has 0 aliphatic rings. The number of nitrogens with zero attached hydrogens (tertiary/aromatic N) is 2. The number of methoxy groups -OCH3 is 1. The number of halogens is 1. The lowest BCUT2D eigenvalue weighted by Gasteiger charge is -2.10. The molecule has 0 aliphatic heterocycles. The van der Waals surface area contributed by atoms with Crippen LogP contribution in [0.3, 0.4) is 0 Å². The second kappa shape index (κ2) is 7.72. The van der Waals surface area contributed by atoms with Crippen molar-refractivity contribution in [1.29, 1.82) is 0 Å². The highest BCUT2D eigenvalue weighted by Gasteiger charge is 2.22. The summed E-state index contributed by atoms with van der Waals surface area (Å²) in [6.45, 7) is 0.227. The normalized spacial score (nSPS) is 11.4. The number of carbonyl (C=O) groups excluding carboxylic acids is 2. The number of Topliss-reactive ketones (excluding diaryl/α,β-unsaturated/α-hetero) is 1. The number of pyridine rings is 1. The Balaban J connectivity index is 1.99. The molecule has 0 saturated carbocycles. The van der Waals surface area contributed by atoms with E-state index >= 15 is 0 Å². The number of fused-ring (bicyclic) bond motifs is 3. The van der Waals surface area contributed by atoms with Gasteiger partial charge in [-0.1, -0.05) is 6.07 Å². The van der Waals surface area contributed by atoms with Crippen LogP contribution in [-0.2, 0) is 0 Å². The molecule has 0 spiro atoms. The van der Waals surface area contributed by atoms with Gasteiger partial charge in [-0.25, -0.2) is 4.39 Å². The lowest BCUT2D eigenvalue weighted by Crippen LogP contribution is -2.21. The molecule has 0 radical (unpaired) electrons. The van der Waals surface area contributed by atoms with Gasteiger partial charge in [0.05, 0.1) is 30.4 Å². The largest absolute Gasteiger partial charge is 0.497 e. The molecule has 0 atom stereocenters. The number of ether oxygens (including phenoxy) is 1. The smallest absolute Gasteiger partial charge is 0.209 e. The number of hydrogen-bond acceptors (Lipinski definition) is 4. The molecule has 0 saturated heterocycles. The van der Waals surface area contributed by atoms with Crippen LogP contribution < -0.4 is 4.74 Å². The minimum atomic E-state index is -0.411. The van der Waals surface area contributed by atoms with E-state index in [-0.39, 0.29) is 18.1 Å². The zero-order valence-electron chi connectivity index (χ0n) is 17.0. The van der Waals surface area contributed by atoms with Crippen LogP contribution in [0, 0.1) is 5.82 Å². The van der Waals surface area contributed by atoms with Gasteiger partial charge in [-0.2, -0.15) is 0 Å². The molecular weight excluding hydrogens is 383 g/mol. The third kappa shape index (κ3) is 3.46. The minimum absolute atomic E-state index is 0.0801. The third-order valence-electron chi connectivity index (χ3n) is 5.03. The number of rotatable bonds is 6. The molecule has 0 aliphatic carbocycles. The molecule has 6 heteroatoms. The monoisotopic (exact) mass is 404 g/mol. The van der Waals surface area contributed by atoms with Crippen LogP contribution >= 0.6 is 0 Å². The molecule has 5 nitrogen and oxygen atoms in total. The minimum Gasteiger partial charge on any atom is -0.497 e. The molecule has 30 heavy (non-hydrogen) atoms. The maximum Gasteiger partial charge on any atom is 0.209 e. The van der Waals surface area contributed by atoms with Gasteiger partial charge in [-0.3, -0.25) is 9.59 Å². The highest BCUT2D eigenvalue weighted by atomic mass is 19.1. The van der Waals surface area contributed by atoms with Gasteiger partial charge in [0.1, 0.15) is 11.6 Å². The van der Waals surface area contributed by atoms with Crippen molar-refractivity contribution in [2.24, 2.45) is 0 Å². The van der Waals surface area contributed by atoms with Crippen LogP contribution in [0.2, 0.25) is 0 Å². The Morgan fingerprint density at radius 2 is 1.67 bits per heavy atom. The van der Waals surface area contributed by atoms with Crippen molar-refractivity contribution in [3.05, 3.63) is 83.3 Å². The van der Waals surface area contributed by atoms with Crippen LogP contribution in [-0.4, -0.2) is 48.6 Å². The van der Waals surface area contributed by atoms with Crippen molar-refractivity contribution in [2.45, 2.75) is 0 Å². The van der Waals surface area contributed by atoms with Gasteiger partial charge >= 0.3 is 0 Å². The molecule has 0 fully saturated rings.